The molecule has 0 unspecified atom stereocenters. The molecule has 16 atom stereocenters. The van der Waals surface area contributed by atoms with Gasteiger partial charge >= 0.3 is 5.97 Å². The number of hydrogen-bond acceptors (Lipinski definition) is 17. The zero-order valence-electron chi connectivity index (χ0n) is 52.9. The van der Waals surface area contributed by atoms with Gasteiger partial charge in [-0.3, -0.25) is 52.7 Å². The number of primary amides is 1. The maximum Gasteiger partial charge on any atom is 0.329 e. The predicted molar refractivity (Wildman–Crippen MR) is 326 cm³/mol. The number of likely N-dealkylation sites (N-methyl/N-ethyl adjacent to an activating group) is 1. The predicted octanol–water partition coefficient (Wildman–Crippen LogP) is -1.40. The number of esters is 1. The lowest BCUT2D eigenvalue weighted by Gasteiger charge is -2.31. The fourth-order valence-corrected chi connectivity index (χ4v) is 9.75. The van der Waals surface area contributed by atoms with Crippen LogP contribution in [-0.2, 0) is 68.7 Å². The van der Waals surface area contributed by atoms with Crippen LogP contribution in [0.25, 0.3) is 0 Å². The van der Waals surface area contributed by atoms with Crippen molar-refractivity contribution >= 4 is 82.7 Å². The third-order valence-corrected chi connectivity index (χ3v) is 16.8. The Morgan fingerprint density at radius 3 is 1.53 bits per heavy atom. The van der Waals surface area contributed by atoms with Crippen LogP contribution in [0.4, 0.5) is 0 Å². The third-order valence-electron chi connectivity index (χ3n) is 15.5. The molecule has 1 aromatic carbocycles. The molecule has 1 aromatic rings. The highest BCUT2D eigenvalue weighted by Crippen LogP contribution is 2.24. The Hall–Kier alpha value is -6.91. The number of aliphatic hydroxyl groups is 2. The van der Waals surface area contributed by atoms with Gasteiger partial charge < -0.3 is 79.2 Å². The smallest absolute Gasteiger partial charge is 0.329 e. The van der Waals surface area contributed by atoms with Crippen molar-refractivity contribution in [1.29, 1.82) is 0 Å². The third kappa shape index (κ3) is 24.6. The Labute approximate surface area is 515 Å². The van der Waals surface area contributed by atoms with Crippen molar-refractivity contribution in [2.24, 2.45) is 29.4 Å². The van der Waals surface area contributed by atoms with E-state index in [0.717, 1.165) is 5.56 Å². The van der Waals surface area contributed by atoms with Gasteiger partial charge in [-0.25, -0.2) is 4.79 Å². The summed E-state index contributed by atoms with van der Waals surface area (Å²) in [4.78, 5) is 165. The first-order chi connectivity index (χ1) is 40.8. The van der Waals surface area contributed by atoms with E-state index in [1.807, 2.05) is 51.1 Å². The SMILES string of the molecule is CC[C@@H](C)[C@@H](NC(=O)[C@@H](CCC(N)=O)NC(=O)[C@H](CO)NC(=O)[C@@H](NC(=O)[C@@H](Cc1ccccc1)NC)[C@@H](C)CC)C(=O)N[C@H](C(=O)N[C@@H](CO)C(=O)N[C@H]1C(=O)N[C@@H](C)C(=O)N[C@@H](CSC(C)(C)C)C(=O)N[C@@H]([C@@H](C)CC)C(=O)O[C@H]1C)[C@@H](C)CC. The second kappa shape index (κ2) is 37.1. The molecule has 11 amide bonds. The number of thioether (sulfide) groups is 1. The van der Waals surface area contributed by atoms with Crippen molar-refractivity contribution in [2.45, 2.75) is 212 Å². The topological polar surface area (TPSA) is 413 Å². The van der Waals surface area contributed by atoms with Gasteiger partial charge in [0, 0.05) is 16.9 Å². The molecule has 1 fully saturated rings. The maximum absolute atomic E-state index is 14.4. The highest BCUT2D eigenvalue weighted by molar-refractivity contribution is 8.00. The van der Waals surface area contributed by atoms with Gasteiger partial charge in [0.05, 0.1) is 19.3 Å². The van der Waals surface area contributed by atoms with Crippen molar-refractivity contribution in [1.82, 2.24) is 58.5 Å². The number of nitrogens with one attached hydrogen (secondary N) is 11. The number of amides is 11. The molecule has 1 saturated heterocycles. The molecular weight excluding hydrogens is 1150 g/mol. The lowest BCUT2D eigenvalue weighted by molar-refractivity contribution is -0.157. The highest BCUT2D eigenvalue weighted by atomic mass is 32.2. The number of benzene rings is 1. The number of rotatable bonds is 32. The summed E-state index contributed by atoms with van der Waals surface area (Å²) in [6.45, 7) is 20.0. The molecule has 490 valence electrons. The normalized spacial score (nSPS) is 21.4. The quantitative estimate of drug-likeness (QED) is 0.0369. The Balaban J connectivity index is 2.41. The molecular formula is C59H98N12O15S. The summed E-state index contributed by atoms with van der Waals surface area (Å²) in [6.07, 6.45) is -0.656. The number of cyclic esters (lactones) is 1. The van der Waals surface area contributed by atoms with Crippen molar-refractivity contribution < 1.29 is 72.5 Å². The Bertz CT molecular complexity index is 2510. The van der Waals surface area contributed by atoms with Crippen LogP contribution in [0.3, 0.4) is 0 Å². The van der Waals surface area contributed by atoms with E-state index in [9.17, 15) is 67.7 Å². The first-order valence-electron chi connectivity index (χ1n) is 29.9. The molecule has 0 aromatic heterocycles. The largest absolute Gasteiger partial charge is 0.458 e. The molecule has 0 aliphatic carbocycles. The van der Waals surface area contributed by atoms with Gasteiger partial charge in [-0.1, -0.05) is 132 Å². The van der Waals surface area contributed by atoms with Gasteiger partial charge in [-0.2, -0.15) is 11.8 Å². The summed E-state index contributed by atoms with van der Waals surface area (Å²) in [5.74, 6) is -12.8. The number of carbonyl (C=O) groups is 12. The van der Waals surface area contributed by atoms with Crippen LogP contribution < -0.4 is 64.2 Å². The monoisotopic (exact) mass is 1250 g/mol. The van der Waals surface area contributed by atoms with E-state index in [1.54, 1.807) is 62.4 Å². The molecule has 1 heterocycles. The zero-order chi connectivity index (χ0) is 66.0. The van der Waals surface area contributed by atoms with Crippen molar-refractivity contribution in [2.75, 3.05) is 26.0 Å². The Morgan fingerprint density at radius 2 is 1.07 bits per heavy atom. The van der Waals surface area contributed by atoms with E-state index in [4.69, 9.17) is 10.5 Å². The Kier molecular flexibility index (Phi) is 32.4. The van der Waals surface area contributed by atoms with Crippen LogP contribution in [0.15, 0.2) is 30.3 Å². The average Bonchev–Trinajstić information content (AvgIpc) is 3.13. The highest BCUT2D eigenvalue weighted by Gasteiger charge is 2.41. The van der Waals surface area contributed by atoms with Crippen LogP contribution >= 0.6 is 11.8 Å². The van der Waals surface area contributed by atoms with E-state index in [0.29, 0.717) is 19.3 Å². The van der Waals surface area contributed by atoms with Crippen LogP contribution in [-0.4, -0.2) is 184 Å². The van der Waals surface area contributed by atoms with Gasteiger partial charge in [0.15, 0.2) is 0 Å². The molecule has 87 heavy (non-hydrogen) atoms. The van der Waals surface area contributed by atoms with E-state index in [2.05, 4.69) is 58.5 Å². The molecule has 27 nitrogen and oxygen atoms in total. The lowest BCUT2D eigenvalue weighted by Crippen LogP contribution is -2.63. The van der Waals surface area contributed by atoms with E-state index in [1.165, 1.54) is 25.6 Å². The number of nitrogens with two attached hydrogens (primary N) is 1. The van der Waals surface area contributed by atoms with Gasteiger partial charge in [-0.15, -0.1) is 0 Å². The van der Waals surface area contributed by atoms with Gasteiger partial charge in [-0.05, 0) is 63.0 Å². The summed E-state index contributed by atoms with van der Waals surface area (Å²) >= 11 is 1.38. The van der Waals surface area contributed by atoms with Crippen LogP contribution in [0.1, 0.15) is 134 Å². The van der Waals surface area contributed by atoms with Crippen LogP contribution in [0.2, 0.25) is 0 Å². The molecule has 0 spiro atoms. The summed E-state index contributed by atoms with van der Waals surface area (Å²) < 4.78 is 5.42. The summed E-state index contributed by atoms with van der Waals surface area (Å²) in [5, 5.41) is 49.5. The second-order valence-electron chi connectivity index (χ2n) is 23.4. The summed E-state index contributed by atoms with van der Waals surface area (Å²) in [6, 6.07) is -6.09. The van der Waals surface area contributed by atoms with Gasteiger partial charge in [0.1, 0.15) is 66.5 Å². The average molecular weight is 1250 g/mol. The van der Waals surface area contributed by atoms with E-state index in [-0.39, 0.29) is 23.3 Å². The molecule has 0 saturated carbocycles. The van der Waals surface area contributed by atoms with Gasteiger partial charge in [0.25, 0.3) is 0 Å². The van der Waals surface area contributed by atoms with Crippen LogP contribution in [0.5, 0.6) is 0 Å². The second-order valence-corrected chi connectivity index (χ2v) is 25.3. The molecule has 2 rings (SSSR count). The minimum absolute atomic E-state index is 0.114. The molecule has 0 bridgehead atoms. The number of ether oxygens (including phenoxy) is 1. The van der Waals surface area contributed by atoms with Crippen molar-refractivity contribution in [3.63, 3.8) is 0 Å². The van der Waals surface area contributed by atoms with E-state index < -0.39 is 193 Å². The fourth-order valence-electron chi connectivity index (χ4n) is 8.85. The van der Waals surface area contributed by atoms with E-state index >= 15 is 0 Å². The minimum atomic E-state index is -1.81. The summed E-state index contributed by atoms with van der Waals surface area (Å²) in [7, 11) is 1.60. The molecule has 28 heteroatoms. The fraction of sp³-hybridized carbons (Fsp3) is 0.695. The van der Waals surface area contributed by atoms with Gasteiger partial charge in [0.2, 0.25) is 65.0 Å². The zero-order valence-corrected chi connectivity index (χ0v) is 53.7. The molecule has 15 N–H and O–H groups in total. The first-order valence-corrected chi connectivity index (χ1v) is 30.9. The number of hydrogen-bond donors (Lipinski definition) is 14. The van der Waals surface area contributed by atoms with Crippen molar-refractivity contribution in [3.8, 4) is 0 Å². The maximum atomic E-state index is 14.4. The molecule has 0 radical (unpaired) electrons. The van der Waals surface area contributed by atoms with Crippen molar-refractivity contribution in [3.05, 3.63) is 35.9 Å². The number of carbonyl (C=O) groups excluding carboxylic acids is 12. The minimum Gasteiger partial charge on any atom is -0.458 e. The first kappa shape index (κ1) is 76.2. The lowest BCUT2D eigenvalue weighted by atomic mass is 9.94. The molecule has 1 aliphatic rings. The standard InChI is InChI=1S/C59H98N12O15S/c1-15-30(5)43(68-50(77)38(61-14)26-36-22-20-19-21-23-36)54(81)64-39(27-72)51(78)63-37(24-25-42(60)74)49(76)67-45(32(7)17-3)56(83)69-44(31(6)16-2)55(82)65-40(28-73)52(79)71-47-35(10)86-58(85)46(33(8)18-4)70-53(80)41(29-87-59(11,12)13)66-48(75)34(9)62-57(47)84/h19-23,30-35,37-41,43-47,61,72-73H,15-18,24-29H2,1-14H3,(H2,60,74)(H,62,84)(H,63,78)(H,64,81)(H,65,82)(H,66,75)(H,67,76)(H,68,77)(H,69,83)(H,70,80)(H,71,79)/t30-,31-,32+,33-,34-,35-,37+,38+,39-,40-,41-,43-,44-,45+,46-,47+/m0/s1. The summed E-state index contributed by atoms with van der Waals surface area (Å²) in [5.41, 5.74) is 6.31. The molecule has 1 aliphatic heterocycles. The Morgan fingerprint density at radius 1 is 0.609 bits per heavy atom. The number of aliphatic hydroxyl groups excluding tert-OH is 2. The van der Waals surface area contributed by atoms with Crippen LogP contribution in [0, 0.1) is 23.7 Å².